The smallest absolute Gasteiger partial charge is 0.0867 e. The van der Waals surface area contributed by atoms with E-state index in [0.717, 1.165) is 26.1 Å². The van der Waals surface area contributed by atoms with E-state index in [1.807, 2.05) is 0 Å². The van der Waals surface area contributed by atoms with Crippen molar-refractivity contribution >= 4 is 5.69 Å². The van der Waals surface area contributed by atoms with Gasteiger partial charge >= 0.3 is 0 Å². The number of hydrogen-bond donors (Lipinski definition) is 0. The third-order valence-corrected chi connectivity index (χ3v) is 7.41. The minimum Gasteiger partial charge on any atom is -0.366 e. The number of hydrogen-bond acceptors (Lipinski definition) is 3. The largest absolute Gasteiger partial charge is 0.366 e. The lowest BCUT2D eigenvalue weighted by molar-refractivity contribution is -0.144. The molecule has 2 spiro atoms. The van der Waals surface area contributed by atoms with Crippen molar-refractivity contribution in [3.63, 3.8) is 0 Å². The zero-order chi connectivity index (χ0) is 19.7. The normalized spacial score (nSPS) is 28.2. The summed E-state index contributed by atoms with van der Waals surface area (Å²) in [4.78, 5) is 5.19. The summed E-state index contributed by atoms with van der Waals surface area (Å²) >= 11 is 0. The van der Waals surface area contributed by atoms with Gasteiger partial charge in [-0.05, 0) is 69.7 Å². The Hall–Kier alpha value is -1.84. The van der Waals surface area contributed by atoms with E-state index in [-0.39, 0.29) is 11.2 Å². The van der Waals surface area contributed by atoms with Gasteiger partial charge in [-0.3, -0.25) is 0 Å². The standard InChI is InChI=1S/C26H34N2O/c1-27(19-14-22-8-4-2-5-9-22)23-12-15-25(16-13-23)20-28(21-26(29-25)17-18-26)24-10-6-3-7-11-24/h2-11,23H,12-21H2,1H3. The summed E-state index contributed by atoms with van der Waals surface area (Å²) in [5, 5.41) is 0. The molecule has 0 unspecified atom stereocenters. The van der Waals surface area contributed by atoms with Crippen LogP contribution in [0.3, 0.4) is 0 Å². The van der Waals surface area contributed by atoms with Crippen LogP contribution in [-0.2, 0) is 11.2 Å². The van der Waals surface area contributed by atoms with Gasteiger partial charge in [0.15, 0.2) is 0 Å². The molecule has 3 aliphatic rings. The van der Waals surface area contributed by atoms with Crippen LogP contribution in [-0.4, -0.2) is 48.8 Å². The lowest BCUT2D eigenvalue weighted by Gasteiger charge is -2.51. The fourth-order valence-electron chi connectivity index (χ4n) is 5.46. The summed E-state index contributed by atoms with van der Waals surface area (Å²) in [6.45, 7) is 3.26. The summed E-state index contributed by atoms with van der Waals surface area (Å²) in [5.74, 6) is 0. The van der Waals surface area contributed by atoms with E-state index in [4.69, 9.17) is 4.74 Å². The molecule has 1 heterocycles. The highest BCUT2D eigenvalue weighted by Crippen LogP contribution is 2.51. The Morgan fingerprint density at radius 3 is 2.07 bits per heavy atom. The monoisotopic (exact) mass is 390 g/mol. The minimum absolute atomic E-state index is 0.0569. The molecule has 0 radical (unpaired) electrons. The van der Waals surface area contributed by atoms with Crippen molar-refractivity contribution in [2.75, 3.05) is 31.6 Å². The fourth-order valence-corrected chi connectivity index (χ4v) is 5.46. The highest BCUT2D eigenvalue weighted by atomic mass is 16.5. The first-order valence-electron chi connectivity index (χ1n) is 11.4. The first-order valence-corrected chi connectivity index (χ1v) is 11.4. The molecule has 2 saturated carbocycles. The van der Waals surface area contributed by atoms with Gasteiger partial charge in [-0.2, -0.15) is 0 Å². The van der Waals surface area contributed by atoms with E-state index >= 15 is 0 Å². The summed E-state index contributed by atoms with van der Waals surface area (Å²) < 4.78 is 6.86. The first-order chi connectivity index (χ1) is 14.2. The highest BCUT2D eigenvalue weighted by molar-refractivity contribution is 5.48. The third-order valence-electron chi connectivity index (χ3n) is 7.41. The third kappa shape index (κ3) is 4.22. The number of benzene rings is 2. The molecule has 0 aromatic heterocycles. The second-order valence-electron chi connectivity index (χ2n) is 9.61. The Bertz CT molecular complexity index is 794. The van der Waals surface area contributed by atoms with Gasteiger partial charge in [0.25, 0.3) is 0 Å². The maximum Gasteiger partial charge on any atom is 0.0867 e. The number of likely N-dealkylation sites (N-methyl/N-ethyl adjacent to an activating group) is 1. The SMILES string of the molecule is CN(CCc1ccccc1)C1CCC2(CC1)CN(c1ccccc1)CC1(CC1)O2. The summed E-state index contributed by atoms with van der Waals surface area (Å²) in [5.41, 5.74) is 3.00. The summed E-state index contributed by atoms with van der Waals surface area (Å²) in [6, 6.07) is 22.5. The molecule has 0 amide bonds. The molecule has 2 aliphatic carbocycles. The Morgan fingerprint density at radius 1 is 0.862 bits per heavy atom. The molecule has 3 heteroatoms. The van der Waals surface area contributed by atoms with Crippen LogP contribution in [0.2, 0.25) is 0 Å². The van der Waals surface area contributed by atoms with Crippen LogP contribution >= 0.6 is 0 Å². The van der Waals surface area contributed by atoms with Crippen molar-refractivity contribution in [1.29, 1.82) is 0 Å². The molecule has 0 atom stereocenters. The van der Waals surface area contributed by atoms with Gasteiger partial charge in [0.1, 0.15) is 0 Å². The van der Waals surface area contributed by atoms with Gasteiger partial charge in [0.05, 0.1) is 11.2 Å². The summed E-state index contributed by atoms with van der Waals surface area (Å²) in [7, 11) is 2.31. The minimum atomic E-state index is 0.0569. The van der Waals surface area contributed by atoms with E-state index in [1.54, 1.807) is 0 Å². The molecule has 3 fully saturated rings. The van der Waals surface area contributed by atoms with Crippen molar-refractivity contribution in [3.8, 4) is 0 Å². The molecule has 29 heavy (non-hydrogen) atoms. The summed E-state index contributed by atoms with van der Waals surface area (Å²) in [6.07, 6.45) is 8.50. The van der Waals surface area contributed by atoms with Crippen LogP contribution in [0.1, 0.15) is 44.1 Å². The predicted molar refractivity (Wildman–Crippen MR) is 119 cm³/mol. The lowest BCUT2D eigenvalue weighted by Crippen LogP contribution is -2.59. The Morgan fingerprint density at radius 2 is 1.45 bits per heavy atom. The molecular formula is C26H34N2O. The van der Waals surface area contributed by atoms with Crippen LogP contribution in [0.15, 0.2) is 60.7 Å². The van der Waals surface area contributed by atoms with Crippen molar-refractivity contribution in [3.05, 3.63) is 66.2 Å². The van der Waals surface area contributed by atoms with E-state index in [0.29, 0.717) is 6.04 Å². The van der Waals surface area contributed by atoms with Crippen molar-refractivity contribution in [2.45, 2.75) is 62.2 Å². The van der Waals surface area contributed by atoms with Crippen molar-refractivity contribution in [1.82, 2.24) is 4.90 Å². The fraction of sp³-hybridized carbons (Fsp3) is 0.538. The molecule has 0 bridgehead atoms. The first kappa shape index (κ1) is 19.1. The number of morpholine rings is 1. The second-order valence-corrected chi connectivity index (χ2v) is 9.61. The van der Waals surface area contributed by atoms with Gasteiger partial charge in [-0.25, -0.2) is 0 Å². The molecule has 3 nitrogen and oxygen atoms in total. The number of ether oxygens (including phenoxy) is 1. The Balaban J connectivity index is 1.21. The van der Waals surface area contributed by atoms with Gasteiger partial charge in [-0.15, -0.1) is 0 Å². The van der Waals surface area contributed by atoms with Gasteiger partial charge in [-0.1, -0.05) is 48.5 Å². The average Bonchev–Trinajstić information content (AvgIpc) is 3.51. The molecule has 2 aromatic carbocycles. The number of anilines is 1. The number of para-hydroxylation sites is 1. The Kier molecular flexibility index (Phi) is 5.13. The maximum atomic E-state index is 6.86. The lowest BCUT2D eigenvalue weighted by atomic mass is 9.79. The van der Waals surface area contributed by atoms with Crippen LogP contribution in [0, 0.1) is 0 Å². The van der Waals surface area contributed by atoms with Gasteiger partial charge in [0, 0.05) is 31.4 Å². The molecule has 1 saturated heterocycles. The molecule has 1 aliphatic heterocycles. The Labute approximate surface area is 175 Å². The van der Waals surface area contributed by atoms with Gasteiger partial charge < -0.3 is 14.5 Å². The second kappa shape index (κ2) is 7.77. The van der Waals surface area contributed by atoms with Crippen LogP contribution in [0.5, 0.6) is 0 Å². The molecule has 0 N–H and O–H groups in total. The number of nitrogens with zero attached hydrogens (tertiary/aromatic N) is 2. The van der Waals surface area contributed by atoms with Crippen molar-refractivity contribution in [2.24, 2.45) is 0 Å². The average molecular weight is 391 g/mol. The molecular weight excluding hydrogens is 356 g/mol. The molecule has 2 aromatic rings. The zero-order valence-corrected chi connectivity index (χ0v) is 17.7. The van der Waals surface area contributed by atoms with E-state index < -0.39 is 0 Å². The van der Waals surface area contributed by atoms with Gasteiger partial charge in [0.2, 0.25) is 0 Å². The van der Waals surface area contributed by atoms with Crippen LogP contribution < -0.4 is 4.90 Å². The van der Waals surface area contributed by atoms with E-state index in [2.05, 4.69) is 77.5 Å². The number of rotatable bonds is 5. The maximum absolute atomic E-state index is 6.86. The van der Waals surface area contributed by atoms with E-state index in [9.17, 15) is 0 Å². The van der Waals surface area contributed by atoms with Crippen LogP contribution in [0.25, 0.3) is 0 Å². The quantitative estimate of drug-likeness (QED) is 0.721. The van der Waals surface area contributed by atoms with E-state index in [1.165, 1.54) is 49.8 Å². The zero-order valence-electron chi connectivity index (χ0n) is 17.7. The highest BCUT2D eigenvalue weighted by Gasteiger charge is 2.56. The topological polar surface area (TPSA) is 15.7 Å². The van der Waals surface area contributed by atoms with Crippen molar-refractivity contribution < 1.29 is 4.74 Å². The van der Waals surface area contributed by atoms with Crippen LogP contribution in [0.4, 0.5) is 5.69 Å². The predicted octanol–water partition coefficient (Wildman–Crippen LogP) is 4.91. The molecule has 5 rings (SSSR count). The molecule has 154 valence electrons.